The summed E-state index contributed by atoms with van der Waals surface area (Å²) in [7, 11) is 0. The van der Waals surface area contributed by atoms with E-state index in [4.69, 9.17) is 9.79 Å². The Hall–Kier alpha value is 1.30. The lowest BCUT2D eigenvalue weighted by molar-refractivity contribution is 0.363. The summed E-state index contributed by atoms with van der Waals surface area (Å²) in [6.45, 7) is 0. The standard InChI is InChI=1S/Br2H2O5P2/c1-8(3,4)7-9(2,5)6/h(H,3,4)(H,5,6). The zero-order valence-electron chi connectivity index (χ0n) is 3.77. The van der Waals surface area contributed by atoms with Crippen molar-refractivity contribution in [1.82, 2.24) is 0 Å². The van der Waals surface area contributed by atoms with Crippen LogP contribution in [0.4, 0.5) is 0 Å². The zero-order chi connectivity index (χ0) is 7.71. The predicted octanol–water partition coefficient (Wildman–Crippen LogP) is 1.99. The first kappa shape index (κ1) is 10.3. The second kappa shape index (κ2) is 3.13. The van der Waals surface area contributed by atoms with E-state index in [0.717, 1.165) is 0 Å². The van der Waals surface area contributed by atoms with Gasteiger partial charge in [0.2, 0.25) is 0 Å². The van der Waals surface area contributed by atoms with Crippen molar-refractivity contribution in [2.45, 2.75) is 0 Å². The highest BCUT2D eigenvalue weighted by molar-refractivity contribution is 9.41. The Morgan fingerprint density at radius 1 is 1.11 bits per heavy atom. The maximum absolute atomic E-state index is 10.1. The van der Waals surface area contributed by atoms with E-state index in [9.17, 15) is 9.13 Å². The van der Waals surface area contributed by atoms with E-state index in [2.05, 4.69) is 35.3 Å². The van der Waals surface area contributed by atoms with Crippen LogP contribution in [-0.2, 0) is 13.4 Å². The van der Waals surface area contributed by atoms with E-state index in [0.29, 0.717) is 0 Å². The van der Waals surface area contributed by atoms with Crippen molar-refractivity contribution in [3.8, 4) is 0 Å². The van der Waals surface area contributed by atoms with Crippen LogP contribution in [0.25, 0.3) is 0 Å². The van der Waals surface area contributed by atoms with E-state index in [1.165, 1.54) is 0 Å². The molecule has 0 radical (unpaired) electrons. The van der Waals surface area contributed by atoms with Gasteiger partial charge in [0.1, 0.15) is 0 Å². The number of halogens is 2. The molecule has 9 heteroatoms. The van der Waals surface area contributed by atoms with Crippen LogP contribution in [0.2, 0.25) is 0 Å². The van der Waals surface area contributed by atoms with Crippen LogP contribution in [0.3, 0.4) is 0 Å². The summed E-state index contributed by atoms with van der Waals surface area (Å²) in [6, 6.07) is 0. The van der Waals surface area contributed by atoms with Gasteiger partial charge in [-0.05, 0) is 0 Å². The average molecular weight is 304 g/mol. The van der Waals surface area contributed by atoms with Crippen LogP contribution in [-0.4, -0.2) is 9.79 Å². The van der Waals surface area contributed by atoms with Crippen LogP contribution in [0.1, 0.15) is 0 Å². The average Bonchev–Trinajstić information content (AvgIpc) is 1.14. The second-order valence-electron chi connectivity index (χ2n) is 0.985. The Bertz CT molecular complexity index is 153. The lowest BCUT2D eigenvalue weighted by Gasteiger charge is -2.03. The highest BCUT2D eigenvalue weighted by atomic mass is 79.9. The molecule has 2 N–H and O–H groups in total. The second-order valence-corrected chi connectivity index (χ2v) is 8.82. The van der Waals surface area contributed by atoms with Gasteiger partial charge in [-0.1, -0.05) is 0 Å². The van der Waals surface area contributed by atoms with E-state index in [-0.39, 0.29) is 0 Å². The third kappa shape index (κ3) is 9.30. The van der Waals surface area contributed by atoms with Crippen LogP contribution in [0.15, 0.2) is 0 Å². The zero-order valence-corrected chi connectivity index (χ0v) is 8.73. The summed E-state index contributed by atoms with van der Waals surface area (Å²) in [6.07, 6.45) is -8.07. The molecule has 0 spiro atoms. The van der Waals surface area contributed by atoms with Crippen molar-refractivity contribution in [2.24, 2.45) is 0 Å². The van der Waals surface area contributed by atoms with E-state index >= 15 is 0 Å². The molecule has 0 saturated carbocycles. The van der Waals surface area contributed by atoms with Crippen LogP contribution in [0, 0.1) is 0 Å². The van der Waals surface area contributed by atoms with Gasteiger partial charge in [0.05, 0.1) is 0 Å². The maximum atomic E-state index is 10.1. The van der Waals surface area contributed by atoms with Crippen molar-refractivity contribution in [3.63, 3.8) is 0 Å². The topological polar surface area (TPSA) is 83.8 Å². The molecule has 0 aromatic rings. The monoisotopic (exact) mass is 302 g/mol. The smallest absolute Gasteiger partial charge is 0.316 e. The number of hydrogen-bond acceptors (Lipinski definition) is 3. The van der Waals surface area contributed by atoms with Crippen LogP contribution in [0.5, 0.6) is 0 Å². The van der Waals surface area contributed by atoms with Gasteiger partial charge in [-0.3, -0.25) is 0 Å². The summed E-state index contributed by atoms with van der Waals surface area (Å²) in [5.74, 6) is 0. The molecule has 2 unspecified atom stereocenters. The van der Waals surface area contributed by atoms with Gasteiger partial charge >= 0.3 is 12.6 Å². The van der Waals surface area contributed by atoms with Crippen molar-refractivity contribution in [1.29, 1.82) is 0 Å². The van der Waals surface area contributed by atoms with Crippen molar-refractivity contribution >= 4 is 43.6 Å². The molecule has 0 amide bonds. The minimum absolute atomic E-state index is 2.14. The first-order valence-electron chi connectivity index (χ1n) is 1.47. The Morgan fingerprint density at radius 3 is 1.33 bits per heavy atom. The molecule has 5 nitrogen and oxygen atoms in total. The van der Waals surface area contributed by atoms with E-state index in [1.54, 1.807) is 0 Å². The molecule has 0 saturated heterocycles. The van der Waals surface area contributed by atoms with Gasteiger partial charge in [0.15, 0.2) is 0 Å². The van der Waals surface area contributed by atoms with Gasteiger partial charge in [0, 0.05) is 31.0 Å². The quantitative estimate of drug-likeness (QED) is 0.762. The molecule has 0 bridgehead atoms. The minimum atomic E-state index is -4.03. The summed E-state index contributed by atoms with van der Waals surface area (Å²) < 4.78 is 23.9. The fourth-order valence-electron chi connectivity index (χ4n) is 0.124. The third-order valence-electron chi connectivity index (χ3n) is 0.201. The Labute approximate surface area is 67.0 Å². The Kier molecular flexibility index (Phi) is 3.59. The molecular formula is H2Br2O5P2. The minimum Gasteiger partial charge on any atom is -0.316 e. The molecule has 0 aromatic carbocycles. The molecule has 0 rings (SSSR count). The SMILES string of the molecule is O=P(O)(Br)OP(=O)(O)Br. The molecule has 0 fully saturated rings. The van der Waals surface area contributed by atoms with Crippen molar-refractivity contribution in [3.05, 3.63) is 0 Å². The van der Waals surface area contributed by atoms with Gasteiger partial charge in [-0.2, -0.15) is 0 Å². The number of rotatable bonds is 2. The summed E-state index contributed by atoms with van der Waals surface area (Å²) in [4.78, 5) is 16.5. The Morgan fingerprint density at radius 2 is 1.33 bits per heavy atom. The van der Waals surface area contributed by atoms with E-state index < -0.39 is 12.6 Å². The molecule has 0 aliphatic rings. The van der Waals surface area contributed by atoms with Crippen LogP contribution >= 0.6 is 43.6 Å². The molecule has 0 aliphatic heterocycles. The highest BCUT2D eigenvalue weighted by Crippen LogP contribution is 2.67. The molecule has 9 heavy (non-hydrogen) atoms. The first-order valence-corrected chi connectivity index (χ1v) is 8.66. The Balaban J connectivity index is 4.07. The summed E-state index contributed by atoms with van der Waals surface area (Å²) in [5, 5.41) is 0. The largest absolute Gasteiger partial charge is 0.401 e. The van der Waals surface area contributed by atoms with Gasteiger partial charge < -0.3 is 9.79 Å². The lowest BCUT2D eigenvalue weighted by atomic mass is 15.8. The summed E-state index contributed by atoms with van der Waals surface area (Å²) in [5.41, 5.74) is 0. The van der Waals surface area contributed by atoms with E-state index in [1.807, 2.05) is 0 Å². The highest BCUT2D eigenvalue weighted by Gasteiger charge is 2.26. The molecule has 0 aliphatic carbocycles. The normalized spacial score (nSPS) is 24.4. The van der Waals surface area contributed by atoms with Gasteiger partial charge in [-0.25, -0.2) is 13.4 Å². The third-order valence-corrected chi connectivity index (χ3v) is 4.14. The van der Waals surface area contributed by atoms with Crippen molar-refractivity contribution < 1.29 is 23.2 Å². The molecule has 56 valence electrons. The van der Waals surface area contributed by atoms with Crippen LogP contribution < -0.4 is 0 Å². The fraction of sp³-hybridized carbons (Fsp3) is 0. The van der Waals surface area contributed by atoms with Gasteiger partial charge in [0.25, 0.3) is 0 Å². The summed E-state index contributed by atoms with van der Waals surface area (Å²) >= 11 is 4.28. The fourth-order valence-corrected chi connectivity index (χ4v) is 5.84. The molecular weight excluding hydrogens is 302 g/mol. The maximum Gasteiger partial charge on any atom is 0.401 e. The van der Waals surface area contributed by atoms with Crippen molar-refractivity contribution in [2.75, 3.05) is 0 Å². The molecule has 0 aromatic heterocycles. The molecule has 0 heterocycles. The molecule has 2 atom stereocenters. The first-order chi connectivity index (χ1) is 3.71. The number of hydrogen-bond donors (Lipinski definition) is 2. The predicted molar refractivity (Wildman–Crippen MR) is 38.6 cm³/mol. The lowest BCUT2D eigenvalue weighted by Crippen LogP contribution is -1.73. The van der Waals surface area contributed by atoms with Gasteiger partial charge in [-0.15, -0.1) is 0 Å².